The quantitative estimate of drug-likeness (QED) is 0.500. The van der Waals surface area contributed by atoms with Gasteiger partial charge in [0, 0.05) is 10.6 Å². The average Bonchev–Trinajstić information content (AvgIpc) is 3.19. The zero-order chi connectivity index (χ0) is 20.4. The fourth-order valence-corrected chi connectivity index (χ4v) is 2.95. The average molecular weight is 407 g/mol. The van der Waals surface area contributed by atoms with Crippen LogP contribution in [0.5, 0.6) is 0 Å². The molecule has 1 amide bonds. The Morgan fingerprint density at radius 3 is 2.71 bits per heavy atom. The van der Waals surface area contributed by atoms with Crippen molar-refractivity contribution >= 4 is 29.0 Å². The third kappa shape index (κ3) is 4.01. The van der Waals surface area contributed by atoms with Crippen molar-refractivity contribution in [1.29, 1.82) is 0 Å². The van der Waals surface area contributed by atoms with Crippen LogP contribution in [0.1, 0.15) is 17.0 Å². The molecular formula is C17H16ClFN6O3. The van der Waals surface area contributed by atoms with Gasteiger partial charge in [-0.1, -0.05) is 17.7 Å². The molecule has 0 saturated heterocycles. The first kappa shape index (κ1) is 19.5. The second-order valence-electron chi connectivity index (χ2n) is 6.08. The highest BCUT2D eigenvalue weighted by Crippen LogP contribution is 2.24. The number of nitrogens with zero attached hydrogens (tertiary/aromatic N) is 5. The minimum absolute atomic E-state index is 0.111. The smallest absolute Gasteiger partial charge is 0.358 e. The van der Waals surface area contributed by atoms with Gasteiger partial charge >= 0.3 is 5.82 Å². The number of nitrogens with one attached hydrogen (secondary N) is 1. The molecule has 3 rings (SSSR count). The number of anilines is 1. The van der Waals surface area contributed by atoms with E-state index in [1.165, 1.54) is 29.1 Å². The van der Waals surface area contributed by atoms with Gasteiger partial charge in [0.2, 0.25) is 5.91 Å². The number of aromatic nitrogens is 4. The monoisotopic (exact) mass is 406 g/mol. The second-order valence-corrected chi connectivity index (χ2v) is 6.49. The first-order chi connectivity index (χ1) is 13.3. The van der Waals surface area contributed by atoms with Crippen LogP contribution >= 0.6 is 11.6 Å². The van der Waals surface area contributed by atoms with E-state index in [1.54, 1.807) is 24.6 Å². The van der Waals surface area contributed by atoms with Gasteiger partial charge in [-0.05, 0) is 30.9 Å². The Labute approximate surface area is 163 Å². The van der Waals surface area contributed by atoms with Crippen molar-refractivity contribution in [2.24, 2.45) is 0 Å². The number of halogens is 2. The van der Waals surface area contributed by atoms with E-state index >= 15 is 0 Å². The number of carbonyl (C=O) groups is 1. The van der Waals surface area contributed by atoms with Crippen molar-refractivity contribution in [2.45, 2.75) is 26.9 Å². The predicted octanol–water partition coefficient (Wildman–Crippen LogP) is 3.08. The maximum Gasteiger partial charge on any atom is 0.389 e. The lowest BCUT2D eigenvalue weighted by molar-refractivity contribution is -0.389. The molecule has 2 aromatic heterocycles. The number of rotatable bonds is 6. The lowest BCUT2D eigenvalue weighted by atomic mass is 10.2. The summed E-state index contributed by atoms with van der Waals surface area (Å²) in [4.78, 5) is 22.3. The molecule has 0 spiro atoms. The molecule has 0 aliphatic rings. The fraction of sp³-hybridized carbons (Fsp3) is 0.235. The summed E-state index contributed by atoms with van der Waals surface area (Å²) in [6.07, 6.45) is 1.35. The lowest BCUT2D eigenvalue weighted by Gasteiger charge is -2.09. The molecule has 0 radical (unpaired) electrons. The summed E-state index contributed by atoms with van der Waals surface area (Å²) >= 11 is 6.07. The zero-order valence-corrected chi connectivity index (χ0v) is 15.8. The van der Waals surface area contributed by atoms with Crippen LogP contribution in [0.2, 0.25) is 5.02 Å². The number of hydrogen-bond acceptors (Lipinski definition) is 5. The van der Waals surface area contributed by atoms with Crippen LogP contribution in [0, 0.1) is 29.8 Å². The molecule has 28 heavy (non-hydrogen) atoms. The van der Waals surface area contributed by atoms with Crippen molar-refractivity contribution in [2.75, 3.05) is 5.32 Å². The molecule has 1 aromatic carbocycles. The summed E-state index contributed by atoms with van der Waals surface area (Å²) in [6, 6.07) is 5.64. The minimum atomic E-state index is -0.638. The first-order valence-corrected chi connectivity index (χ1v) is 8.58. The van der Waals surface area contributed by atoms with Gasteiger partial charge in [0.05, 0.1) is 41.0 Å². The summed E-state index contributed by atoms with van der Waals surface area (Å²) in [5.41, 5.74) is 1.96. The van der Waals surface area contributed by atoms with Gasteiger partial charge in [0.1, 0.15) is 12.4 Å². The van der Waals surface area contributed by atoms with E-state index in [0.717, 1.165) is 0 Å². The Morgan fingerprint density at radius 1 is 1.32 bits per heavy atom. The summed E-state index contributed by atoms with van der Waals surface area (Å²) in [6.45, 7) is 3.36. The predicted molar refractivity (Wildman–Crippen MR) is 99.7 cm³/mol. The van der Waals surface area contributed by atoms with Gasteiger partial charge in [-0.25, -0.2) is 4.39 Å². The summed E-state index contributed by atoms with van der Waals surface area (Å²) < 4.78 is 16.8. The van der Waals surface area contributed by atoms with E-state index in [1.807, 2.05) is 0 Å². The normalized spacial score (nSPS) is 10.9. The minimum Gasteiger partial charge on any atom is -0.358 e. The zero-order valence-electron chi connectivity index (χ0n) is 15.0. The van der Waals surface area contributed by atoms with Gasteiger partial charge in [-0.3, -0.25) is 9.48 Å². The molecule has 0 unspecified atom stereocenters. The fourth-order valence-electron chi connectivity index (χ4n) is 2.73. The molecule has 2 heterocycles. The highest BCUT2D eigenvalue weighted by Gasteiger charge is 2.18. The number of amides is 1. The van der Waals surface area contributed by atoms with Crippen molar-refractivity contribution in [3.63, 3.8) is 0 Å². The maximum atomic E-state index is 14.0. The summed E-state index contributed by atoms with van der Waals surface area (Å²) in [5, 5.41) is 21.7. The number of aryl methyl sites for hydroxylation is 1. The van der Waals surface area contributed by atoms with E-state index in [-0.39, 0.29) is 18.9 Å². The van der Waals surface area contributed by atoms with Crippen molar-refractivity contribution in [1.82, 2.24) is 19.6 Å². The van der Waals surface area contributed by atoms with Gasteiger partial charge in [-0.15, -0.1) is 0 Å². The van der Waals surface area contributed by atoms with Gasteiger partial charge in [0.25, 0.3) is 0 Å². The molecule has 0 atom stereocenters. The molecule has 0 aliphatic heterocycles. The molecule has 146 valence electrons. The Kier molecular flexibility index (Phi) is 5.41. The standard InChI is InChI=1S/C17H16ClFN6O3/c1-10-17(20-16(26)9-23-7-6-15(22-23)25(27)28)11(2)24(21-10)8-12-13(18)4-3-5-14(12)19/h3-7H,8-9H2,1-2H3,(H,20,26). The third-order valence-corrected chi connectivity index (χ3v) is 4.49. The third-order valence-electron chi connectivity index (χ3n) is 4.13. The Bertz CT molecular complexity index is 1040. The maximum absolute atomic E-state index is 14.0. The van der Waals surface area contributed by atoms with Crippen molar-refractivity contribution < 1.29 is 14.1 Å². The second kappa shape index (κ2) is 7.77. The number of carbonyl (C=O) groups excluding carboxylic acids is 1. The van der Waals surface area contributed by atoms with Crippen molar-refractivity contribution in [3.8, 4) is 0 Å². The van der Waals surface area contributed by atoms with Crippen LogP contribution in [0.4, 0.5) is 15.9 Å². The Morgan fingerprint density at radius 2 is 2.07 bits per heavy atom. The van der Waals surface area contributed by atoms with Gasteiger partial charge < -0.3 is 15.4 Å². The summed E-state index contributed by atoms with van der Waals surface area (Å²) in [7, 11) is 0. The number of nitro groups is 1. The van der Waals surface area contributed by atoms with E-state index in [2.05, 4.69) is 15.5 Å². The van der Waals surface area contributed by atoms with Crippen LogP contribution in [0.15, 0.2) is 30.5 Å². The first-order valence-electron chi connectivity index (χ1n) is 8.21. The molecular weight excluding hydrogens is 391 g/mol. The van der Waals surface area contributed by atoms with E-state index in [0.29, 0.717) is 27.7 Å². The van der Waals surface area contributed by atoms with E-state index in [4.69, 9.17) is 11.6 Å². The Hall–Kier alpha value is -3.27. The topological polar surface area (TPSA) is 108 Å². The molecule has 11 heteroatoms. The van der Waals surface area contributed by atoms with Crippen molar-refractivity contribution in [3.05, 3.63) is 68.4 Å². The van der Waals surface area contributed by atoms with Crippen LogP contribution in [0.3, 0.4) is 0 Å². The van der Waals surface area contributed by atoms with Gasteiger partial charge in [-0.2, -0.15) is 9.78 Å². The number of hydrogen-bond donors (Lipinski definition) is 1. The largest absolute Gasteiger partial charge is 0.389 e. The molecule has 0 saturated carbocycles. The SMILES string of the molecule is Cc1nn(Cc2c(F)cccc2Cl)c(C)c1NC(=O)Cn1ccc([N+](=O)[O-])n1. The van der Waals surface area contributed by atoms with Crippen LogP contribution in [-0.4, -0.2) is 30.4 Å². The van der Waals surface area contributed by atoms with Crippen LogP contribution in [0.25, 0.3) is 0 Å². The highest BCUT2D eigenvalue weighted by atomic mass is 35.5. The molecule has 3 aromatic rings. The van der Waals surface area contributed by atoms with E-state index in [9.17, 15) is 19.3 Å². The molecule has 0 fully saturated rings. The molecule has 9 nitrogen and oxygen atoms in total. The molecule has 0 aliphatic carbocycles. The molecule has 0 bridgehead atoms. The highest BCUT2D eigenvalue weighted by molar-refractivity contribution is 6.31. The van der Waals surface area contributed by atoms with Gasteiger partial charge in [0.15, 0.2) is 0 Å². The van der Waals surface area contributed by atoms with Crippen LogP contribution in [-0.2, 0) is 17.9 Å². The van der Waals surface area contributed by atoms with E-state index < -0.39 is 16.6 Å². The van der Waals surface area contributed by atoms with Crippen LogP contribution < -0.4 is 5.32 Å². The Balaban J connectivity index is 1.76. The summed E-state index contributed by atoms with van der Waals surface area (Å²) in [5.74, 6) is -1.20. The lowest BCUT2D eigenvalue weighted by Crippen LogP contribution is -2.20. The molecule has 1 N–H and O–H groups in total. The number of benzene rings is 1.